The van der Waals surface area contributed by atoms with Gasteiger partial charge in [-0.05, 0) is 31.3 Å². The van der Waals surface area contributed by atoms with Crippen molar-refractivity contribution in [1.29, 1.82) is 0 Å². The first kappa shape index (κ1) is 15.2. The highest BCUT2D eigenvalue weighted by molar-refractivity contribution is 5.52. The van der Waals surface area contributed by atoms with Gasteiger partial charge in [0.15, 0.2) is 11.4 Å². The average Bonchev–Trinajstić information content (AvgIpc) is 2.55. The van der Waals surface area contributed by atoms with Crippen LogP contribution in [0.1, 0.15) is 11.4 Å². The lowest BCUT2D eigenvalue weighted by molar-refractivity contribution is 0.326. The lowest BCUT2D eigenvalue weighted by Gasteiger charge is -2.16. The van der Waals surface area contributed by atoms with E-state index in [1.165, 1.54) is 16.5 Å². The van der Waals surface area contributed by atoms with Gasteiger partial charge < -0.3 is 10.0 Å². The van der Waals surface area contributed by atoms with Crippen molar-refractivity contribution in [2.75, 3.05) is 13.6 Å². The minimum Gasteiger partial charge on any atom is -0.504 e. The predicted molar refractivity (Wildman–Crippen MR) is 87.4 cm³/mol. The SMILES string of the molecule is CN(CCc1ccccn1)Cc1cc(=O)n2cccc(O)c2n1. The Morgan fingerprint density at radius 2 is 2.09 bits per heavy atom. The summed E-state index contributed by atoms with van der Waals surface area (Å²) in [5.41, 5.74) is 1.76. The number of fused-ring (bicyclic) bond motifs is 1. The summed E-state index contributed by atoms with van der Waals surface area (Å²) in [5.74, 6) is 0.00240. The van der Waals surface area contributed by atoms with Crippen molar-refractivity contribution < 1.29 is 5.11 Å². The molecule has 0 saturated carbocycles. The van der Waals surface area contributed by atoms with Crippen molar-refractivity contribution in [1.82, 2.24) is 19.3 Å². The summed E-state index contributed by atoms with van der Waals surface area (Å²) in [5, 5.41) is 9.86. The van der Waals surface area contributed by atoms with Crippen LogP contribution in [0.2, 0.25) is 0 Å². The van der Waals surface area contributed by atoms with E-state index in [2.05, 4.69) is 14.9 Å². The van der Waals surface area contributed by atoms with Crippen molar-refractivity contribution in [3.63, 3.8) is 0 Å². The molecule has 3 aromatic heterocycles. The monoisotopic (exact) mass is 310 g/mol. The smallest absolute Gasteiger partial charge is 0.258 e. The number of pyridine rings is 2. The second-order valence-electron chi connectivity index (χ2n) is 5.48. The second-order valence-corrected chi connectivity index (χ2v) is 5.48. The Balaban J connectivity index is 1.73. The Morgan fingerprint density at radius 3 is 2.87 bits per heavy atom. The van der Waals surface area contributed by atoms with Crippen LogP contribution in [0.25, 0.3) is 5.65 Å². The topological polar surface area (TPSA) is 70.7 Å². The quantitative estimate of drug-likeness (QED) is 0.773. The zero-order valence-corrected chi connectivity index (χ0v) is 12.9. The Bertz CT molecular complexity index is 861. The molecule has 3 aromatic rings. The number of hydrogen-bond acceptors (Lipinski definition) is 5. The highest BCUT2D eigenvalue weighted by Crippen LogP contribution is 2.14. The van der Waals surface area contributed by atoms with E-state index >= 15 is 0 Å². The molecule has 3 rings (SSSR count). The van der Waals surface area contributed by atoms with E-state index in [0.29, 0.717) is 12.2 Å². The third-order valence-electron chi connectivity index (χ3n) is 3.63. The van der Waals surface area contributed by atoms with Gasteiger partial charge in [-0.3, -0.25) is 14.2 Å². The van der Waals surface area contributed by atoms with E-state index in [4.69, 9.17) is 0 Å². The summed E-state index contributed by atoms with van der Waals surface area (Å²) < 4.78 is 1.34. The van der Waals surface area contributed by atoms with Crippen LogP contribution >= 0.6 is 0 Å². The fourth-order valence-corrected chi connectivity index (χ4v) is 2.45. The second kappa shape index (κ2) is 6.58. The predicted octanol–water partition coefficient (Wildman–Crippen LogP) is 1.47. The van der Waals surface area contributed by atoms with Crippen molar-refractivity contribution in [2.45, 2.75) is 13.0 Å². The van der Waals surface area contributed by atoms with Gasteiger partial charge in [0, 0.05) is 43.7 Å². The first-order chi connectivity index (χ1) is 11.1. The Morgan fingerprint density at radius 1 is 1.22 bits per heavy atom. The molecule has 118 valence electrons. The lowest BCUT2D eigenvalue weighted by atomic mass is 10.2. The molecule has 0 aromatic carbocycles. The molecule has 0 bridgehead atoms. The van der Waals surface area contributed by atoms with Gasteiger partial charge in [0.1, 0.15) is 0 Å². The maximum Gasteiger partial charge on any atom is 0.258 e. The fourth-order valence-electron chi connectivity index (χ4n) is 2.45. The van der Waals surface area contributed by atoms with Crippen LogP contribution < -0.4 is 5.56 Å². The Labute approximate surface area is 133 Å². The average molecular weight is 310 g/mol. The van der Waals surface area contributed by atoms with Crippen LogP contribution in [0, 0.1) is 0 Å². The Hall–Kier alpha value is -2.73. The van der Waals surface area contributed by atoms with Gasteiger partial charge in [0.25, 0.3) is 5.56 Å². The summed E-state index contributed by atoms with van der Waals surface area (Å²) in [6.07, 6.45) is 4.21. The van der Waals surface area contributed by atoms with Crippen LogP contribution in [0.3, 0.4) is 0 Å². The van der Waals surface area contributed by atoms with Gasteiger partial charge >= 0.3 is 0 Å². The van der Waals surface area contributed by atoms with E-state index in [9.17, 15) is 9.90 Å². The Kier molecular flexibility index (Phi) is 4.34. The van der Waals surface area contributed by atoms with Gasteiger partial charge in [-0.1, -0.05) is 6.07 Å². The van der Waals surface area contributed by atoms with Crippen molar-refractivity contribution in [3.05, 3.63) is 70.5 Å². The summed E-state index contributed by atoms with van der Waals surface area (Å²) in [6.45, 7) is 1.34. The van der Waals surface area contributed by atoms with Crippen molar-refractivity contribution >= 4 is 5.65 Å². The van der Waals surface area contributed by atoms with E-state index in [0.717, 1.165) is 18.7 Å². The van der Waals surface area contributed by atoms with Gasteiger partial charge in [-0.2, -0.15) is 0 Å². The normalized spacial score (nSPS) is 11.2. The molecule has 0 amide bonds. The van der Waals surface area contributed by atoms with Crippen molar-refractivity contribution in [3.8, 4) is 5.75 Å². The van der Waals surface area contributed by atoms with Crippen LogP contribution in [-0.4, -0.2) is 38.0 Å². The summed E-state index contributed by atoms with van der Waals surface area (Å²) in [6, 6.07) is 10.5. The van der Waals surface area contributed by atoms with Gasteiger partial charge in [-0.15, -0.1) is 0 Å². The minimum absolute atomic E-state index is 0.00240. The molecule has 6 nitrogen and oxygen atoms in total. The molecule has 6 heteroatoms. The van der Waals surface area contributed by atoms with Crippen LogP contribution in [0.5, 0.6) is 5.75 Å². The molecule has 0 aliphatic rings. The maximum absolute atomic E-state index is 12.1. The van der Waals surface area contributed by atoms with E-state index in [-0.39, 0.29) is 17.0 Å². The first-order valence-electron chi connectivity index (χ1n) is 7.42. The highest BCUT2D eigenvalue weighted by atomic mass is 16.3. The third-order valence-corrected chi connectivity index (χ3v) is 3.63. The third kappa shape index (κ3) is 3.54. The number of nitrogens with zero attached hydrogens (tertiary/aromatic N) is 4. The van der Waals surface area contributed by atoms with Crippen LogP contribution in [0.15, 0.2) is 53.6 Å². The molecule has 0 unspecified atom stereocenters. The summed E-state index contributed by atoms with van der Waals surface area (Å²) in [7, 11) is 1.97. The number of likely N-dealkylation sites (N-methyl/N-ethyl adjacent to an activating group) is 1. The highest BCUT2D eigenvalue weighted by Gasteiger charge is 2.08. The van der Waals surface area contributed by atoms with E-state index < -0.39 is 0 Å². The van der Waals surface area contributed by atoms with Crippen molar-refractivity contribution in [2.24, 2.45) is 0 Å². The lowest BCUT2D eigenvalue weighted by Crippen LogP contribution is -2.24. The molecule has 0 aliphatic heterocycles. The molecule has 0 radical (unpaired) electrons. The summed E-state index contributed by atoms with van der Waals surface area (Å²) in [4.78, 5) is 22.9. The molecule has 0 aliphatic carbocycles. The molecule has 0 saturated heterocycles. The van der Waals surface area contributed by atoms with Gasteiger partial charge in [-0.25, -0.2) is 4.98 Å². The number of hydrogen-bond donors (Lipinski definition) is 1. The molecule has 3 heterocycles. The van der Waals surface area contributed by atoms with Crippen LogP contribution in [0.4, 0.5) is 0 Å². The molecule has 0 fully saturated rings. The van der Waals surface area contributed by atoms with E-state index in [1.54, 1.807) is 18.5 Å². The molecular formula is C17H18N4O2. The maximum atomic E-state index is 12.1. The molecule has 23 heavy (non-hydrogen) atoms. The zero-order valence-electron chi connectivity index (χ0n) is 12.9. The van der Waals surface area contributed by atoms with Gasteiger partial charge in [0.05, 0.1) is 5.69 Å². The fraction of sp³-hybridized carbons (Fsp3) is 0.235. The molecule has 1 N–H and O–H groups in total. The molecular weight excluding hydrogens is 292 g/mol. The number of rotatable bonds is 5. The molecule has 0 atom stereocenters. The largest absolute Gasteiger partial charge is 0.504 e. The number of aromatic hydroxyl groups is 1. The minimum atomic E-state index is -0.195. The van der Waals surface area contributed by atoms with E-state index in [1.807, 2.05) is 25.2 Å². The first-order valence-corrected chi connectivity index (χ1v) is 7.42. The zero-order chi connectivity index (χ0) is 16.2. The standard InChI is InChI=1S/C17H18N4O2/c1-20(10-7-13-5-2-3-8-18-13)12-14-11-16(23)21-9-4-6-15(22)17(21)19-14/h2-6,8-9,11,22H,7,10,12H2,1H3. The van der Waals surface area contributed by atoms with Crippen LogP contribution in [-0.2, 0) is 13.0 Å². The summed E-state index contributed by atoms with van der Waals surface area (Å²) >= 11 is 0. The molecule has 0 spiro atoms. The number of aromatic nitrogens is 3. The van der Waals surface area contributed by atoms with Gasteiger partial charge in [0.2, 0.25) is 0 Å².